The molecule has 0 unspecified atom stereocenters. The average Bonchev–Trinajstić information content (AvgIpc) is 3.60. The maximum atomic E-state index is 5.09. The van der Waals surface area contributed by atoms with Crippen LogP contribution < -0.4 is 0 Å². The van der Waals surface area contributed by atoms with Gasteiger partial charge in [-0.15, -0.1) is 0 Å². The van der Waals surface area contributed by atoms with Gasteiger partial charge in [-0.05, 0) is 97.8 Å². The molecule has 0 radical (unpaired) electrons. The molecule has 0 atom stereocenters. The number of benzene rings is 8. The normalized spacial score (nSPS) is 13.8. The molecule has 3 nitrogen and oxygen atoms in total. The van der Waals surface area contributed by atoms with Crippen LogP contribution in [0.15, 0.2) is 200 Å². The molecule has 0 amide bonds. The fourth-order valence-corrected chi connectivity index (χ4v) is 9.82. The summed E-state index contributed by atoms with van der Waals surface area (Å²) < 4.78 is 0. The van der Waals surface area contributed by atoms with Gasteiger partial charge in [0.2, 0.25) is 0 Å². The zero-order valence-electron chi connectivity index (χ0n) is 33.4. The third kappa shape index (κ3) is 6.44. The second kappa shape index (κ2) is 15.2. The molecule has 2 aliphatic carbocycles. The lowest BCUT2D eigenvalue weighted by molar-refractivity contribution is 0.353. The smallest absolute Gasteiger partial charge is 0.164 e. The fraction of sp³-hybridized carbons (Fsp3) is 0.105. The molecule has 0 N–H and O–H groups in total. The molecule has 9 aromatic rings. The minimum absolute atomic E-state index is 0.148. The van der Waals surface area contributed by atoms with E-state index in [0.29, 0.717) is 17.5 Å². The molecule has 11 rings (SSSR count). The second-order valence-corrected chi connectivity index (χ2v) is 16.3. The Morgan fingerprint density at radius 3 is 1.28 bits per heavy atom. The van der Waals surface area contributed by atoms with Crippen LogP contribution in [0.25, 0.3) is 89.8 Å². The number of rotatable bonds is 7. The maximum Gasteiger partial charge on any atom is 0.164 e. The lowest BCUT2D eigenvalue weighted by atomic mass is 9.68. The van der Waals surface area contributed by atoms with E-state index in [2.05, 4.69) is 176 Å². The molecular weight excluding hydrogens is 727 g/mol. The van der Waals surface area contributed by atoms with Crippen molar-refractivity contribution in [3.8, 4) is 89.8 Å². The van der Waals surface area contributed by atoms with Crippen molar-refractivity contribution in [1.82, 2.24) is 15.0 Å². The van der Waals surface area contributed by atoms with Crippen molar-refractivity contribution < 1.29 is 0 Å². The minimum atomic E-state index is 0.148. The first kappa shape index (κ1) is 35.9. The van der Waals surface area contributed by atoms with Crippen molar-refractivity contribution in [3.05, 3.63) is 211 Å². The lowest BCUT2D eigenvalue weighted by Crippen LogP contribution is -2.27. The molecule has 1 fully saturated rings. The van der Waals surface area contributed by atoms with E-state index in [9.17, 15) is 0 Å². The number of nitrogens with zero attached hydrogens (tertiary/aromatic N) is 3. The Kier molecular flexibility index (Phi) is 9.08. The highest BCUT2D eigenvalue weighted by Gasteiger charge is 2.44. The molecule has 1 spiro atoms. The van der Waals surface area contributed by atoms with Crippen molar-refractivity contribution in [2.45, 2.75) is 37.5 Å². The third-order valence-corrected chi connectivity index (χ3v) is 12.7. The first-order chi connectivity index (χ1) is 29.7. The Labute approximate surface area is 352 Å². The second-order valence-electron chi connectivity index (χ2n) is 16.3. The van der Waals surface area contributed by atoms with Gasteiger partial charge in [0.1, 0.15) is 0 Å². The van der Waals surface area contributed by atoms with Crippen LogP contribution in [0.1, 0.15) is 43.2 Å². The van der Waals surface area contributed by atoms with Crippen molar-refractivity contribution in [3.63, 3.8) is 0 Å². The molecular formula is C57H43N3. The summed E-state index contributed by atoms with van der Waals surface area (Å²) in [5.41, 5.74) is 18.4. The first-order valence-corrected chi connectivity index (χ1v) is 21.2. The van der Waals surface area contributed by atoms with Gasteiger partial charge in [-0.25, -0.2) is 15.0 Å². The lowest BCUT2D eigenvalue weighted by Gasteiger charge is -2.36. The van der Waals surface area contributed by atoms with Gasteiger partial charge < -0.3 is 0 Å². The van der Waals surface area contributed by atoms with Gasteiger partial charge in [-0.3, -0.25) is 0 Å². The average molecular weight is 770 g/mol. The molecule has 0 aliphatic heterocycles. The molecule has 1 saturated carbocycles. The number of fused-ring (bicyclic) bond motifs is 5. The topological polar surface area (TPSA) is 38.7 Å². The monoisotopic (exact) mass is 769 g/mol. The molecule has 0 bridgehead atoms. The zero-order valence-corrected chi connectivity index (χ0v) is 33.4. The Hall–Kier alpha value is -7.23. The minimum Gasteiger partial charge on any atom is -0.208 e. The summed E-state index contributed by atoms with van der Waals surface area (Å²) in [4.78, 5) is 15.1. The van der Waals surface area contributed by atoms with E-state index in [0.717, 1.165) is 38.9 Å². The summed E-state index contributed by atoms with van der Waals surface area (Å²) in [6.07, 6.45) is 6.42. The summed E-state index contributed by atoms with van der Waals surface area (Å²) in [5, 5.41) is 0. The summed E-state index contributed by atoms with van der Waals surface area (Å²) >= 11 is 0. The molecule has 2 aliphatic rings. The van der Waals surface area contributed by atoms with Crippen LogP contribution >= 0.6 is 0 Å². The van der Waals surface area contributed by atoms with Crippen LogP contribution in [0.4, 0.5) is 0 Å². The van der Waals surface area contributed by atoms with E-state index in [1.807, 2.05) is 24.3 Å². The van der Waals surface area contributed by atoms with Gasteiger partial charge in [-0.2, -0.15) is 0 Å². The predicted octanol–water partition coefficient (Wildman–Crippen LogP) is 14.8. The predicted molar refractivity (Wildman–Crippen MR) is 247 cm³/mol. The van der Waals surface area contributed by atoms with E-state index in [-0.39, 0.29) is 5.41 Å². The van der Waals surface area contributed by atoms with E-state index in [4.69, 9.17) is 15.0 Å². The van der Waals surface area contributed by atoms with Gasteiger partial charge in [0, 0.05) is 22.1 Å². The van der Waals surface area contributed by atoms with Gasteiger partial charge in [0.05, 0.1) is 0 Å². The van der Waals surface area contributed by atoms with Crippen molar-refractivity contribution in [2.75, 3.05) is 0 Å². The highest BCUT2D eigenvalue weighted by Crippen LogP contribution is 2.57. The Morgan fingerprint density at radius 1 is 0.283 bits per heavy atom. The molecule has 8 aromatic carbocycles. The van der Waals surface area contributed by atoms with E-state index in [1.165, 1.54) is 76.6 Å². The quantitative estimate of drug-likeness (QED) is 0.162. The fourth-order valence-electron chi connectivity index (χ4n) is 9.82. The van der Waals surface area contributed by atoms with Gasteiger partial charge in [-0.1, -0.05) is 201 Å². The number of hydrogen-bond acceptors (Lipinski definition) is 3. The van der Waals surface area contributed by atoms with Gasteiger partial charge >= 0.3 is 0 Å². The van der Waals surface area contributed by atoms with Crippen LogP contribution in [-0.4, -0.2) is 15.0 Å². The van der Waals surface area contributed by atoms with Gasteiger partial charge in [0.25, 0.3) is 0 Å². The molecule has 286 valence electrons. The number of hydrogen-bond donors (Lipinski definition) is 0. The van der Waals surface area contributed by atoms with Crippen LogP contribution in [0.5, 0.6) is 0 Å². The Morgan fingerprint density at radius 2 is 0.683 bits per heavy atom. The summed E-state index contributed by atoms with van der Waals surface area (Å²) in [6.45, 7) is 0. The highest BCUT2D eigenvalue weighted by atomic mass is 15.0. The van der Waals surface area contributed by atoms with Crippen LogP contribution in [0.3, 0.4) is 0 Å². The van der Waals surface area contributed by atoms with Crippen molar-refractivity contribution in [1.29, 1.82) is 0 Å². The zero-order chi connectivity index (χ0) is 39.9. The summed E-state index contributed by atoms with van der Waals surface area (Å²) in [7, 11) is 0. The highest BCUT2D eigenvalue weighted by molar-refractivity contribution is 5.93. The molecule has 60 heavy (non-hydrogen) atoms. The number of aromatic nitrogens is 3. The van der Waals surface area contributed by atoms with Crippen molar-refractivity contribution in [2.24, 2.45) is 0 Å². The molecule has 0 saturated heterocycles. The van der Waals surface area contributed by atoms with E-state index >= 15 is 0 Å². The van der Waals surface area contributed by atoms with Crippen LogP contribution in [-0.2, 0) is 5.41 Å². The standard InChI is InChI=1S/C57H43N3/c1-4-16-39(17-5-1)44-21-13-24-47(37-44)55-58-54(42-18-6-2-7-19-42)59-56(60-55)48-25-14-22-45(38-48)41-32-30-40(31-33-41)43-20-12-23-46(36-43)49-27-15-29-52-53(49)50-26-8-9-28-51(50)57(52)34-10-3-11-35-57/h1-2,4-9,12-33,36-38H,3,10-11,34-35H2. The summed E-state index contributed by atoms with van der Waals surface area (Å²) in [5.74, 6) is 1.94. The third-order valence-electron chi connectivity index (χ3n) is 12.7. The molecule has 3 heteroatoms. The summed E-state index contributed by atoms with van der Waals surface area (Å²) in [6, 6.07) is 71.8. The van der Waals surface area contributed by atoms with Gasteiger partial charge in [0.15, 0.2) is 17.5 Å². The Balaban J connectivity index is 0.921. The maximum absolute atomic E-state index is 5.09. The van der Waals surface area contributed by atoms with E-state index in [1.54, 1.807) is 0 Å². The molecule has 1 aromatic heterocycles. The van der Waals surface area contributed by atoms with Crippen molar-refractivity contribution >= 4 is 0 Å². The largest absolute Gasteiger partial charge is 0.208 e. The van der Waals surface area contributed by atoms with Crippen LogP contribution in [0.2, 0.25) is 0 Å². The molecule has 1 heterocycles. The Bertz CT molecular complexity index is 3000. The SMILES string of the molecule is c1ccc(-c2cccc(-c3nc(-c4ccccc4)nc(-c4cccc(-c5ccc(-c6cccc(-c7cccc8c7-c7ccccc7C87CCCCC7)c6)cc5)c4)n3)c2)cc1. The van der Waals surface area contributed by atoms with Crippen LogP contribution in [0, 0.1) is 0 Å². The van der Waals surface area contributed by atoms with E-state index < -0.39 is 0 Å². The first-order valence-electron chi connectivity index (χ1n) is 21.2.